The first-order valence-corrected chi connectivity index (χ1v) is 7.80. The van der Waals surface area contributed by atoms with Gasteiger partial charge in [0.25, 0.3) is 0 Å². The molecule has 0 saturated heterocycles. The van der Waals surface area contributed by atoms with Gasteiger partial charge in [0.05, 0.1) is 5.56 Å². The average molecular weight is 369 g/mol. The lowest BCUT2D eigenvalue weighted by Crippen LogP contribution is -2.25. The molecule has 130 valence electrons. The van der Waals surface area contributed by atoms with Crippen LogP contribution in [-0.2, 0) is 22.7 Å². The number of hydrogen-bond donors (Lipinski definition) is 1. The zero-order valence-electron chi connectivity index (χ0n) is 11.7. The normalized spacial score (nSPS) is 12.4. The van der Waals surface area contributed by atoms with E-state index >= 15 is 0 Å². The van der Waals surface area contributed by atoms with E-state index in [-0.39, 0.29) is 6.07 Å². The molecule has 0 heterocycles. The minimum atomic E-state index is -4.75. The molecule has 0 unspecified atom stereocenters. The highest BCUT2D eigenvalue weighted by Crippen LogP contribution is 2.30. The number of benzene rings is 2. The Morgan fingerprint density at radius 1 is 0.917 bits per heavy atom. The molecule has 1 N–H and O–H groups in total. The van der Waals surface area contributed by atoms with E-state index < -0.39 is 56.2 Å². The van der Waals surface area contributed by atoms with Gasteiger partial charge in [-0.1, -0.05) is 12.1 Å². The van der Waals surface area contributed by atoms with Gasteiger partial charge in [-0.2, -0.15) is 13.2 Å². The Balaban J connectivity index is 2.25. The Kier molecular flexibility index (Phi) is 4.90. The third kappa shape index (κ3) is 3.88. The van der Waals surface area contributed by atoms with E-state index in [0.29, 0.717) is 6.07 Å². The van der Waals surface area contributed by atoms with Crippen LogP contribution < -0.4 is 4.72 Å². The van der Waals surface area contributed by atoms with E-state index in [9.17, 15) is 34.8 Å². The zero-order chi connectivity index (χ0) is 18.1. The molecule has 10 heteroatoms. The summed E-state index contributed by atoms with van der Waals surface area (Å²) in [6, 6.07) is 3.90. The van der Waals surface area contributed by atoms with E-state index in [4.69, 9.17) is 0 Å². The first kappa shape index (κ1) is 18.3. The van der Waals surface area contributed by atoms with Crippen molar-refractivity contribution < 1.29 is 34.8 Å². The van der Waals surface area contributed by atoms with Crippen molar-refractivity contribution in [3.63, 3.8) is 0 Å². The van der Waals surface area contributed by atoms with E-state index in [0.717, 1.165) is 24.3 Å². The lowest BCUT2D eigenvalue weighted by atomic mass is 10.1. The molecule has 0 fully saturated rings. The van der Waals surface area contributed by atoms with Gasteiger partial charge in [0.1, 0.15) is 17.5 Å². The molecular weight excluding hydrogens is 360 g/mol. The fourth-order valence-corrected chi connectivity index (χ4v) is 2.99. The average Bonchev–Trinajstić information content (AvgIpc) is 2.44. The van der Waals surface area contributed by atoms with Crippen LogP contribution in [0.3, 0.4) is 0 Å². The monoisotopic (exact) mass is 369 g/mol. The Morgan fingerprint density at radius 3 is 2.00 bits per heavy atom. The van der Waals surface area contributed by atoms with Crippen LogP contribution >= 0.6 is 0 Å². The minimum absolute atomic E-state index is 0.202. The van der Waals surface area contributed by atoms with E-state index in [1.807, 2.05) is 0 Å². The summed E-state index contributed by atoms with van der Waals surface area (Å²) < 4.78 is 103. The Bertz CT molecular complexity index is 844. The standard InChI is InChI=1S/C14H9F6NO2S/c15-10-2-1-3-11(16)13(10)24(22,23)21-7-8-4-5-9(6-12(8)17)14(18,19)20/h1-6,21H,7H2. The second-order valence-corrected chi connectivity index (χ2v) is 6.38. The lowest BCUT2D eigenvalue weighted by molar-refractivity contribution is -0.137. The van der Waals surface area contributed by atoms with Crippen LogP contribution in [-0.4, -0.2) is 8.42 Å². The number of alkyl halides is 3. The highest BCUT2D eigenvalue weighted by Gasteiger charge is 2.31. The second kappa shape index (κ2) is 6.44. The summed E-state index contributed by atoms with van der Waals surface area (Å²) in [6.45, 7) is -0.778. The molecule has 0 saturated carbocycles. The summed E-state index contributed by atoms with van der Waals surface area (Å²) in [6.07, 6.45) is -4.75. The van der Waals surface area contributed by atoms with Crippen molar-refractivity contribution in [2.75, 3.05) is 0 Å². The summed E-state index contributed by atoms with van der Waals surface area (Å²) in [5, 5.41) is 0. The second-order valence-electron chi connectivity index (χ2n) is 4.68. The van der Waals surface area contributed by atoms with Crippen LogP contribution in [0.5, 0.6) is 0 Å². The van der Waals surface area contributed by atoms with Gasteiger partial charge >= 0.3 is 6.18 Å². The quantitative estimate of drug-likeness (QED) is 0.837. The highest BCUT2D eigenvalue weighted by atomic mass is 32.2. The lowest BCUT2D eigenvalue weighted by Gasteiger charge is -2.11. The summed E-state index contributed by atoms with van der Waals surface area (Å²) in [5.74, 6) is -4.01. The van der Waals surface area contributed by atoms with E-state index in [2.05, 4.69) is 0 Å². The van der Waals surface area contributed by atoms with Crippen LogP contribution in [0, 0.1) is 17.5 Å². The van der Waals surface area contributed by atoms with Crippen LogP contribution in [0.1, 0.15) is 11.1 Å². The molecule has 0 atom stereocenters. The maximum absolute atomic E-state index is 13.6. The maximum Gasteiger partial charge on any atom is 0.416 e. The summed E-state index contributed by atoms with van der Waals surface area (Å²) >= 11 is 0. The van der Waals surface area contributed by atoms with Gasteiger partial charge < -0.3 is 0 Å². The third-order valence-electron chi connectivity index (χ3n) is 3.02. The van der Waals surface area contributed by atoms with Gasteiger partial charge in [0.2, 0.25) is 10.0 Å². The molecule has 0 amide bonds. The molecule has 0 spiro atoms. The van der Waals surface area contributed by atoms with Gasteiger partial charge in [-0.3, -0.25) is 0 Å². The van der Waals surface area contributed by atoms with Gasteiger partial charge in [0, 0.05) is 12.1 Å². The van der Waals surface area contributed by atoms with Crippen LogP contribution in [0.15, 0.2) is 41.3 Å². The van der Waals surface area contributed by atoms with Crippen molar-refractivity contribution in [2.45, 2.75) is 17.6 Å². The molecule has 3 nitrogen and oxygen atoms in total. The maximum atomic E-state index is 13.6. The van der Waals surface area contributed by atoms with Crippen LogP contribution in [0.2, 0.25) is 0 Å². The molecule has 0 aromatic heterocycles. The summed E-state index contributed by atoms with van der Waals surface area (Å²) in [7, 11) is -4.66. The fourth-order valence-electron chi connectivity index (χ4n) is 1.85. The number of hydrogen-bond acceptors (Lipinski definition) is 2. The number of halogens is 6. The molecule has 0 aliphatic rings. The highest BCUT2D eigenvalue weighted by molar-refractivity contribution is 7.89. The first-order valence-electron chi connectivity index (χ1n) is 6.31. The van der Waals surface area contributed by atoms with Gasteiger partial charge in [-0.15, -0.1) is 0 Å². The molecule has 2 rings (SSSR count). The first-order chi connectivity index (χ1) is 11.0. The minimum Gasteiger partial charge on any atom is -0.207 e. The van der Waals surface area contributed by atoms with Gasteiger partial charge in [0.15, 0.2) is 4.90 Å². The summed E-state index contributed by atoms with van der Waals surface area (Å²) in [5.41, 5.74) is -1.66. The third-order valence-corrected chi connectivity index (χ3v) is 4.47. The zero-order valence-corrected chi connectivity index (χ0v) is 12.5. The van der Waals surface area contributed by atoms with Crippen LogP contribution in [0.25, 0.3) is 0 Å². The molecule has 0 aliphatic carbocycles. The number of nitrogens with one attached hydrogen (secondary N) is 1. The predicted molar refractivity (Wildman–Crippen MR) is 71.8 cm³/mol. The fraction of sp³-hybridized carbons (Fsp3) is 0.143. The molecule has 2 aromatic rings. The van der Waals surface area contributed by atoms with E-state index in [1.165, 1.54) is 0 Å². The van der Waals surface area contributed by atoms with Crippen molar-refractivity contribution in [3.8, 4) is 0 Å². The van der Waals surface area contributed by atoms with Crippen molar-refractivity contribution in [1.29, 1.82) is 0 Å². The molecule has 2 aromatic carbocycles. The van der Waals surface area contributed by atoms with Crippen molar-refractivity contribution in [3.05, 3.63) is 65.0 Å². The Hall–Kier alpha value is -2.07. The number of sulfonamides is 1. The molecule has 0 aliphatic heterocycles. The van der Waals surface area contributed by atoms with Gasteiger partial charge in [-0.05, 0) is 24.3 Å². The molecule has 0 radical (unpaired) electrons. The smallest absolute Gasteiger partial charge is 0.207 e. The van der Waals surface area contributed by atoms with Crippen molar-refractivity contribution in [1.82, 2.24) is 4.72 Å². The van der Waals surface area contributed by atoms with Crippen LogP contribution in [0.4, 0.5) is 26.3 Å². The Morgan fingerprint density at radius 2 is 1.50 bits per heavy atom. The molecule has 24 heavy (non-hydrogen) atoms. The Labute approximate surface area is 133 Å². The van der Waals surface area contributed by atoms with Crippen molar-refractivity contribution >= 4 is 10.0 Å². The van der Waals surface area contributed by atoms with Gasteiger partial charge in [-0.25, -0.2) is 26.3 Å². The molecular formula is C14H9F6NO2S. The largest absolute Gasteiger partial charge is 0.416 e. The van der Waals surface area contributed by atoms with E-state index in [1.54, 1.807) is 4.72 Å². The number of rotatable bonds is 4. The topological polar surface area (TPSA) is 46.2 Å². The molecule has 0 bridgehead atoms. The SMILES string of the molecule is O=S(=O)(NCc1ccc(C(F)(F)F)cc1F)c1c(F)cccc1F. The van der Waals surface area contributed by atoms with Crippen molar-refractivity contribution in [2.24, 2.45) is 0 Å². The summed E-state index contributed by atoms with van der Waals surface area (Å²) in [4.78, 5) is -1.25. The predicted octanol–water partition coefficient (Wildman–Crippen LogP) is 3.60.